The molecule has 1 unspecified atom stereocenters. The Bertz CT molecular complexity index is 277. The van der Waals surface area contributed by atoms with Gasteiger partial charge in [-0.05, 0) is 30.9 Å². The quantitative estimate of drug-likeness (QED) is 0.509. The van der Waals surface area contributed by atoms with Crippen LogP contribution >= 0.6 is 15.9 Å². The van der Waals surface area contributed by atoms with Gasteiger partial charge in [0.2, 0.25) is 0 Å². The molecule has 0 aliphatic heterocycles. The molecule has 0 aliphatic carbocycles. The summed E-state index contributed by atoms with van der Waals surface area (Å²) >= 11 is 3.45. The molecule has 0 N–H and O–H groups in total. The average molecular weight is 301 g/mol. The molecule has 2 nitrogen and oxygen atoms in total. The van der Waals surface area contributed by atoms with E-state index in [0.29, 0.717) is 13.2 Å². The van der Waals surface area contributed by atoms with Crippen molar-refractivity contribution in [1.29, 1.82) is 0 Å². The fourth-order valence-corrected chi connectivity index (χ4v) is 2.23. The first-order valence-electron chi connectivity index (χ1n) is 6.14. The maximum absolute atomic E-state index is 5.53. The van der Waals surface area contributed by atoms with Crippen molar-refractivity contribution in [2.45, 2.75) is 19.8 Å². The molecule has 3 heteroatoms. The van der Waals surface area contributed by atoms with Crippen LogP contribution in [0.1, 0.15) is 19.8 Å². The number of hydrogen-bond donors (Lipinski definition) is 0. The largest absolute Gasteiger partial charge is 0.491 e. The lowest BCUT2D eigenvalue weighted by Crippen LogP contribution is -2.09. The average Bonchev–Trinajstić information content (AvgIpc) is 2.35. The van der Waals surface area contributed by atoms with Crippen LogP contribution < -0.4 is 4.74 Å². The standard InChI is InChI=1S/C14H21BrO2/c1-13(7-9-15)8-10-16-11-12-17-14-5-3-2-4-6-14/h2-6,13H,7-12H2,1H3. The van der Waals surface area contributed by atoms with Gasteiger partial charge in [0.1, 0.15) is 12.4 Å². The molecule has 0 aliphatic rings. The highest BCUT2D eigenvalue weighted by Gasteiger charge is 2.00. The van der Waals surface area contributed by atoms with Crippen molar-refractivity contribution < 1.29 is 9.47 Å². The van der Waals surface area contributed by atoms with E-state index in [2.05, 4.69) is 22.9 Å². The fourth-order valence-electron chi connectivity index (χ4n) is 1.45. The Morgan fingerprint density at radius 2 is 1.82 bits per heavy atom. The van der Waals surface area contributed by atoms with Crippen molar-refractivity contribution in [1.82, 2.24) is 0 Å². The lowest BCUT2D eigenvalue weighted by atomic mass is 10.1. The minimum absolute atomic E-state index is 0.622. The van der Waals surface area contributed by atoms with E-state index in [1.165, 1.54) is 6.42 Å². The van der Waals surface area contributed by atoms with Gasteiger partial charge in [-0.1, -0.05) is 41.1 Å². The van der Waals surface area contributed by atoms with E-state index in [1.54, 1.807) is 0 Å². The zero-order chi connectivity index (χ0) is 12.3. The highest BCUT2D eigenvalue weighted by Crippen LogP contribution is 2.09. The van der Waals surface area contributed by atoms with Crippen molar-refractivity contribution in [3.8, 4) is 5.75 Å². The summed E-state index contributed by atoms with van der Waals surface area (Å²) in [7, 11) is 0. The predicted molar refractivity (Wildman–Crippen MR) is 74.9 cm³/mol. The van der Waals surface area contributed by atoms with E-state index in [9.17, 15) is 0 Å². The number of alkyl halides is 1. The van der Waals surface area contributed by atoms with Crippen LogP contribution in [0.5, 0.6) is 5.75 Å². The summed E-state index contributed by atoms with van der Waals surface area (Å²) in [6.45, 7) is 4.37. The Balaban J connectivity index is 1.95. The summed E-state index contributed by atoms with van der Waals surface area (Å²) in [5.74, 6) is 1.63. The summed E-state index contributed by atoms with van der Waals surface area (Å²) in [6, 6.07) is 9.83. The van der Waals surface area contributed by atoms with Gasteiger partial charge in [0, 0.05) is 11.9 Å². The Kier molecular flexibility index (Phi) is 8.10. The van der Waals surface area contributed by atoms with Crippen molar-refractivity contribution in [2.75, 3.05) is 25.2 Å². The third kappa shape index (κ3) is 7.40. The lowest BCUT2D eigenvalue weighted by molar-refractivity contribution is 0.0911. The zero-order valence-corrected chi connectivity index (χ0v) is 12.0. The van der Waals surface area contributed by atoms with Gasteiger partial charge in [-0.15, -0.1) is 0 Å². The molecule has 0 saturated carbocycles. The Hall–Kier alpha value is -0.540. The molecule has 0 radical (unpaired) electrons. The van der Waals surface area contributed by atoms with E-state index in [1.807, 2.05) is 30.3 Å². The first-order valence-corrected chi connectivity index (χ1v) is 7.26. The Morgan fingerprint density at radius 3 is 2.53 bits per heavy atom. The number of hydrogen-bond acceptors (Lipinski definition) is 2. The molecule has 1 rings (SSSR count). The molecule has 1 aromatic carbocycles. The van der Waals surface area contributed by atoms with Gasteiger partial charge < -0.3 is 9.47 Å². The number of para-hydroxylation sites is 1. The zero-order valence-electron chi connectivity index (χ0n) is 10.4. The lowest BCUT2D eigenvalue weighted by Gasteiger charge is -2.10. The smallest absolute Gasteiger partial charge is 0.119 e. The monoisotopic (exact) mass is 300 g/mol. The predicted octanol–water partition coefficient (Wildman–Crippen LogP) is 3.89. The van der Waals surface area contributed by atoms with Gasteiger partial charge in [0.05, 0.1) is 6.61 Å². The van der Waals surface area contributed by atoms with Gasteiger partial charge in [0.15, 0.2) is 0 Å². The van der Waals surface area contributed by atoms with Gasteiger partial charge in [-0.2, -0.15) is 0 Å². The van der Waals surface area contributed by atoms with Crippen molar-refractivity contribution in [3.63, 3.8) is 0 Å². The second kappa shape index (κ2) is 9.49. The summed E-state index contributed by atoms with van der Waals surface area (Å²) < 4.78 is 11.1. The third-order valence-electron chi connectivity index (χ3n) is 2.60. The normalized spacial score (nSPS) is 12.4. The van der Waals surface area contributed by atoms with Gasteiger partial charge in [-0.25, -0.2) is 0 Å². The van der Waals surface area contributed by atoms with E-state index >= 15 is 0 Å². The minimum Gasteiger partial charge on any atom is -0.491 e. The van der Waals surface area contributed by atoms with Crippen LogP contribution in [0.3, 0.4) is 0 Å². The maximum Gasteiger partial charge on any atom is 0.119 e. The number of ether oxygens (including phenoxy) is 2. The molecular formula is C14H21BrO2. The Morgan fingerprint density at radius 1 is 1.06 bits per heavy atom. The molecule has 0 bridgehead atoms. The highest BCUT2D eigenvalue weighted by atomic mass is 79.9. The molecule has 17 heavy (non-hydrogen) atoms. The number of benzene rings is 1. The van der Waals surface area contributed by atoms with E-state index in [-0.39, 0.29) is 0 Å². The van der Waals surface area contributed by atoms with E-state index in [4.69, 9.17) is 9.47 Å². The summed E-state index contributed by atoms with van der Waals surface area (Å²) in [6.07, 6.45) is 2.33. The van der Waals surface area contributed by atoms with Crippen LogP contribution in [0.15, 0.2) is 30.3 Å². The molecule has 0 fully saturated rings. The Labute approximate surface area is 112 Å². The molecule has 0 amide bonds. The first-order chi connectivity index (χ1) is 8.33. The fraction of sp³-hybridized carbons (Fsp3) is 0.571. The van der Waals surface area contributed by atoms with Crippen molar-refractivity contribution in [2.24, 2.45) is 5.92 Å². The maximum atomic E-state index is 5.53. The highest BCUT2D eigenvalue weighted by molar-refractivity contribution is 9.09. The van der Waals surface area contributed by atoms with Crippen molar-refractivity contribution in [3.05, 3.63) is 30.3 Å². The van der Waals surface area contributed by atoms with Crippen LogP contribution in [-0.2, 0) is 4.74 Å². The van der Waals surface area contributed by atoms with E-state index in [0.717, 1.165) is 30.0 Å². The molecule has 1 atom stereocenters. The summed E-state index contributed by atoms with van der Waals surface area (Å²) in [5, 5.41) is 1.07. The molecule has 0 heterocycles. The van der Waals surface area contributed by atoms with E-state index < -0.39 is 0 Å². The van der Waals surface area contributed by atoms with Gasteiger partial charge in [-0.3, -0.25) is 0 Å². The van der Waals surface area contributed by atoms with Crippen molar-refractivity contribution >= 4 is 15.9 Å². The molecule has 96 valence electrons. The summed E-state index contributed by atoms with van der Waals surface area (Å²) in [5.41, 5.74) is 0. The van der Waals surface area contributed by atoms with Crippen LogP contribution in [0, 0.1) is 5.92 Å². The van der Waals surface area contributed by atoms with Crippen LogP contribution in [0.4, 0.5) is 0 Å². The molecule has 0 saturated heterocycles. The number of halogens is 1. The SMILES string of the molecule is CC(CCBr)CCOCCOc1ccccc1. The minimum atomic E-state index is 0.622. The summed E-state index contributed by atoms with van der Waals surface area (Å²) in [4.78, 5) is 0. The number of rotatable bonds is 9. The van der Waals surface area contributed by atoms with Crippen LogP contribution in [-0.4, -0.2) is 25.2 Å². The van der Waals surface area contributed by atoms with Gasteiger partial charge in [0.25, 0.3) is 0 Å². The van der Waals surface area contributed by atoms with Gasteiger partial charge >= 0.3 is 0 Å². The molecular weight excluding hydrogens is 280 g/mol. The molecule has 1 aromatic rings. The second-order valence-electron chi connectivity index (χ2n) is 4.15. The first kappa shape index (κ1) is 14.5. The molecule has 0 aromatic heterocycles. The molecule has 0 spiro atoms. The van der Waals surface area contributed by atoms with Crippen LogP contribution in [0.2, 0.25) is 0 Å². The van der Waals surface area contributed by atoms with Crippen LogP contribution in [0.25, 0.3) is 0 Å². The third-order valence-corrected chi connectivity index (χ3v) is 3.05. The second-order valence-corrected chi connectivity index (χ2v) is 4.94. The topological polar surface area (TPSA) is 18.5 Å².